The van der Waals surface area contributed by atoms with Gasteiger partial charge in [-0.25, -0.2) is 4.39 Å². The van der Waals surface area contributed by atoms with E-state index in [0.717, 1.165) is 31.2 Å². The lowest BCUT2D eigenvalue weighted by atomic mass is 9.42. The molecule has 0 unspecified atom stereocenters. The maximum absolute atomic E-state index is 13.7. The number of halogens is 1. The highest BCUT2D eigenvalue weighted by atomic mass is 19.1. The van der Waals surface area contributed by atoms with Gasteiger partial charge in [-0.05, 0) is 67.1 Å². The van der Waals surface area contributed by atoms with Crippen LogP contribution in [0.3, 0.4) is 0 Å². The Hall–Kier alpha value is -1.95. The first-order valence-corrected chi connectivity index (χ1v) is 11.3. The van der Waals surface area contributed by atoms with Crippen molar-refractivity contribution in [3.8, 4) is 0 Å². The van der Waals surface area contributed by atoms with Crippen LogP contribution in [0.15, 0.2) is 24.3 Å². The molecule has 30 heavy (non-hydrogen) atoms. The molecule has 1 aliphatic heterocycles. The summed E-state index contributed by atoms with van der Waals surface area (Å²) < 4.78 is 13.7. The summed E-state index contributed by atoms with van der Waals surface area (Å²) in [5, 5.41) is 13.2. The van der Waals surface area contributed by atoms with Crippen molar-refractivity contribution in [2.45, 2.75) is 50.0 Å². The molecule has 4 bridgehead atoms. The number of benzene rings is 1. The van der Waals surface area contributed by atoms with Crippen molar-refractivity contribution in [1.82, 2.24) is 10.2 Å². The lowest BCUT2D eigenvalue weighted by Crippen LogP contribution is -2.62. The number of hydrogen-bond acceptors (Lipinski definition) is 3. The van der Waals surface area contributed by atoms with Crippen LogP contribution in [0.2, 0.25) is 0 Å². The van der Waals surface area contributed by atoms with Crippen LogP contribution in [0.25, 0.3) is 0 Å². The number of carbonyl (C=O) groups is 2. The molecule has 1 aromatic carbocycles. The van der Waals surface area contributed by atoms with Gasteiger partial charge in [0.05, 0.1) is 6.10 Å². The summed E-state index contributed by atoms with van der Waals surface area (Å²) in [7, 11) is 1.64. The zero-order valence-corrected chi connectivity index (χ0v) is 17.5. The first-order chi connectivity index (χ1) is 14.4. The van der Waals surface area contributed by atoms with E-state index in [4.69, 9.17) is 0 Å². The van der Waals surface area contributed by atoms with Crippen molar-refractivity contribution in [3.63, 3.8) is 0 Å². The van der Waals surface area contributed by atoms with Gasteiger partial charge in [-0.1, -0.05) is 12.1 Å². The Labute approximate surface area is 177 Å². The Bertz CT molecular complexity index is 803. The van der Waals surface area contributed by atoms with Gasteiger partial charge in [0.25, 0.3) is 0 Å². The second-order valence-electron chi connectivity index (χ2n) is 10.1. The van der Waals surface area contributed by atoms with E-state index in [2.05, 4.69) is 5.32 Å². The van der Waals surface area contributed by atoms with Crippen LogP contribution in [-0.2, 0) is 15.0 Å². The minimum Gasteiger partial charge on any atom is -0.393 e. The lowest BCUT2D eigenvalue weighted by Gasteiger charge is -2.63. The third kappa shape index (κ3) is 3.06. The SMILES string of the molecule is CNC(=O)CC1CN(C(=O)CC2(c3ccc(F)cc3)C3CC4CC2CC(C3)C4O)C1. The molecule has 1 aromatic rings. The summed E-state index contributed by atoms with van der Waals surface area (Å²) in [4.78, 5) is 26.8. The zero-order valence-electron chi connectivity index (χ0n) is 17.5. The maximum Gasteiger partial charge on any atom is 0.223 e. The molecule has 0 atom stereocenters. The van der Waals surface area contributed by atoms with E-state index in [1.807, 2.05) is 17.0 Å². The number of nitrogens with one attached hydrogen (secondary N) is 1. The van der Waals surface area contributed by atoms with E-state index in [9.17, 15) is 19.1 Å². The van der Waals surface area contributed by atoms with E-state index in [0.29, 0.717) is 49.6 Å². The molecule has 6 heteroatoms. The molecule has 5 fully saturated rings. The molecule has 5 nitrogen and oxygen atoms in total. The Morgan fingerprint density at radius 2 is 1.67 bits per heavy atom. The summed E-state index contributed by atoms with van der Waals surface area (Å²) in [5.74, 6) is 1.58. The van der Waals surface area contributed by atoms with Gasteiger partial charge >= 0.3 is 0 Å². The number of aliphatic hydroxyl groups excluding tert-OH is 1. The smallest absolute Gasteiger partial charge is 0.223 e. The molecule has 2 amide bonds. The van der Waals surface area contributed by atoms with Gasteiger partial charge in [-0.2, -0.15) is 0 Å². The van der Waals surface area contributed by atoms with Gasteiger partial charge in [-0.3, -0.25) is 9.59 Å². The van der Waals surface area contributed by atoms with E-state index in [1.54, 1.807) is 7.05 Å². The van der Waals surface area contributed by atoms with Crippen LogP contribution in [0, 0.1) is 35.4 Å². The molecule has 5 aliphatic rings. The first kappa shape index (κ1) is 20.0. The highest BCUT2D eigenvalue weighted by molar-refractivity contribution is 5.80. The van der Waals surface area contributed by atoms with Gasteiger partial charge in [0, 0.05) is 44.3 Å². The van der Waals surface area contributed by atoms with E-state index in [1.165, 1.54) is 12.1 Å². The summed E-state index contributed by atoms with van der Waals surface area (Å²) in [6.45, 7) is 1.29. The van der Waals surface area contributed by atoms with Gasteiger partial charge in [-0.15, -0.1) is 0 Å². The maximum atomic E-state index is 13.7. The van der Waals surface area contributed by atoms with Crippen molar-refractivity contribution >= 4 is 11.8 Å². The monoisotopic (exact) mass is 414 g/mol. The van der Waals surface area contributed by atoms with Gasteiger partial charge in [0.15, 0.2) is 0 Å². The van der Waals surface area contributed by atoms with E-state index in [-0.39, 0.29) is 35.1 Å². The molecular weight excluding hydrogens is 383 g/mol. The summed E-state index contributed by atoms with van der Waals surface area (Å²) in [6, 6.07) is 6.80. The highest BCUT2D eigenvalue weighted by Crippen LogP contribution is 2.64. The zero-order chi connectivity index (χ0) is 21.0. The molecule has 2 N–H and O–H groups in total. The predicted molar refractivity (Wildman–Crippen MR) is 110 cm³/mol. The minimum atomic E-state index is -0.260. The Morgan fingerprint density at radius 1 is 1.10 bits per heavy atom. The normalized spacial score (nSPS) is 37.2. The molecule has 1 saturated heterocycles. The third-order valence-corrected chi connectivity index (χ3v) is 8.66. The number of likely N-dealkylation sites (tertiary alicyclic amines) is 1. The van der Waals surface area contributed by atoms with Crippen LogP contribution in [0.5, 0.6) is 0 Å². The third-order valence-electron chi connectivity index (χ3n) is 8.66. The van der Waals surface area contributed by atoms with Crippen molar-refractivity contribution in [2.24, 2.45) is 29.6 Å². The lowest BCUT2D eigenvalue weighted by molar-refractivity contribution is -0.157. The number of nitrogens with zero attached hydrogens (tertiary/aromatic N) is 1. The Balaban J connectivity index is 1.38. The number of amides is 2. The fourth-order valence-electron chi connectivity index (χ4n) is 7.22. The largest absolute Gasteiger partial charge is 0.393 e. The fourth-order valence-corrected chi connectivity index (χ4v) is 7.22. The Morgan fingerprint density at radius 3 is 2.20 bits per heavy atom. The number of hydrogen-bond donors (Lipinski definition) is 2. The molecule has 0 spiro atoms. The minimum absolute atomic E-state index is 0.0227. The summed E-state index contributed by atoms with van der Waals surface area (Å²) >= 11 is 0. The summed E-state index contributed by atoms with van der Waals surface area (Å²) in [5.41, 5.74) is 0.826. The fraction of sp³-hybridized carbons (Fsp3) is 0.667. The molecule has 0 aromatic heterocycles. The molecule has 4 aliphatic carbocycles. The van der Waals surface area contributed by atoms with Crippen molar-refractivity contribution in [2.75, 3.05) is 20.1 Å². The number of carbonyl (C=O) groups excluding carboxylic acids is 2. The standard InChI is InChI=1S/C24H31FN2O3/c1-26-21(28)6-14-12-27(13-14)22(29)11-24(17-2-4-20(25)5-3-17)18-7-15-8-19(24)10-16(9-18)23(15)30/h2-5,14-16,18-19,23,30H,6-13H2,1H3,(H,26,28). The summed E-state index contributed by atoms with van der Waals surface area (Å²) in [6.07, 6.45) is 4.55. The quantitative estimate of drug-likeness (QED) is 0.778. The molecule has 4 saturated carbocycles. The average molecular weight is 415 g/mol. The second-order valence-corrected chi connectivity index (χ2v) is 10.1. The topological polar surface area (TPSA) is 69.6 Å². The Kier molecular flexibility index (Phi) is 4.88. The van der Waals surface area contributed by atoms with Crippen LogP contribution in [-0.4, -0.2) is 48.1 Å². The van der Waals surface area contributed by atoms with Crippen LogP contribution < -0.4 is 5.32 Å². The van der Waals surface area contributed by atoms with Crippen LogP contribution >= 0.6 is 0 Å². The van der Waals surface area contributed by atoms with Crippen molar-refractivity contribution < 1.29 is 19.1 Å². The van der Waals surface area contributed by atoms with E-state index < -0.39 is 0 Å². The van der Waals surface area contributed by atoms with Gasteiger partial charge < -0.3 is 15.3 Å². The molecule has 162 valence electrons. The molecule has 6 rings (SSSR count). The molecular formula is C24H31FN2O3. The van der Waals surface area contributed by atoms with Crippen LogP contribution in [0.1, 0.15) is 44.1 Å². The molecule has 0 radical (unpaired) electrons. The second kappa shape index (κ2) is 7.33. The van der Waals surface area contributed by atoms with Crippen molar-refractivity contribution in [3.05, 3.63) is 35.6 Å². The number of rotatable bonds is 5. The van der Waals surface area contributed by atoms with Crippen molar-refractivity contribution in [1.29, 1.82) is 0 Å². The molecule has 1 heterocycles. The predicted octanol–water partition coefficient (Wildman–Crippen LogP) is 2.48. The number of aliphatic hydroxyl groups is 1. The highest BCUT2D eigenvalue weighted by Gasteiger charge is 2.61. The van der Waals surface area contributed by atoms with E-state index >= 15 is 0 Å². The van der Waals surface area contributed by atoms with Gasteiger partial charge in [0.1, 0.15) is 5.82 Å². The first-order valence-electron chi connectivity index (χ1n) is 11.3. The van der Waals surface area contributed by atoms with Gasteiger partial charge in [0.2, 0.25) is 11.8 Å². The average Bonchev–Trinajstić information content (AvgIpc) is 2.69. The van der Waals surface area contributed by atoms with Crippen LogP contribution in [0.4, 0.5) is 4.39 Å².